The Hall–Kier alpha value is -0.0800. The minimum atomic E-state index is -3.43. The Labute approximate surface area is 130 Å². The third-order valence-electron chi connectivity index (χ3n) is 2.85. The molecule has 116 valence electrons. The zero-order valence-corrected chi connectivity index (χ0v) is 15.0. The molecule has 4 nitrogen and oxygen atoms in total. The fraction of sp³-hybridized carbons (Fsp3) is 0.692. The second kappa shape index (κ2) is 8.38. The molecule has 2 N–H and O–H groups in total. The summed E-state index contributed by atoms with van der Waals surface area (Å²) in [5.41, 5.74) is 0.822. The van der Waals surface area contributed by atoms with Gasteiger partial charge in [-0.15, -0.1) is 11.3 Å². The first-order valence-corrected chi connectivity index (χ1v) is 10.3. The van der Waals surface area contributed by atoms with Crippen LogP contribution in [-0.4, -0.2) is 33.0 Å². The van der Waals surface area contributed by atoms with E-state index in [9.17, 15) is 8.42 Å². The molecule has 0 amide bonds. The van der Waals surface area contributed by atoms with Gasteiger partial charge in [0.1, 0.15) is 4.90 Å². The summed E-state index contributed by atoms with van der Waals surface area (Å²) in [5.74, 6) is 2.04. The summed E-state index contributed by atoms with van der Waals surface area (Å²) in [5, 5.41) is 4.92. The van der Waals surface area contributed by atoms with Crippen LogP contribution in [0.2, 0.25) is 0 Å². The summed E-state index contributed by atoms with van der Waals surface area (Å²) in [6, 6.07) is -0.0409. The fourth-order valence-corrected chi connectivity index (χ4v) is 5.83. The molecule has 1 unspecified atom stereocenters. The Morgan fingerprint density at radius 3 is 2.75 bits per heavy atom. The van der Waals surface area contributed by atoms with Crippen molar-refractivity contribution < 1.29 is 8.42 Å². The number of sulfonamides is 1. The Balaban J connectivity index is 2.80. The molecule has 7 heteroatoms. The third-order valence-corrected chi connectivity index (χ3v) is 6.84. The van der Waals surface area contributed by atoms with Gasteiger partial charge in [-0.2, -0.15) is 11.8 Å². The van der Waals surface area contributed by atoms with E-state index in [-0.39, 0.29) is 6.04 Å². The molecular weight excluding hydrogens is 312 g/mol. The number of aryl methyl sites for hydroxylation is 1. The van der Waals surface area contributed by atoms with Crippen molar-refractivity contribution >= 4 is 33.1 Å². The van der Waals surface area contributed by atoms with E-state index in [4.69, 9.17) is 0 Å². The average molecular weight is 337 g/mol. The number of rotatable bonds is 9. The summed E-state index contributed by atoms with van der Waals surface area (Å²) in [7, 11) is -1.60. The third kappa shape index (κ3) is 5.04. The number of thioether (sulfide) groups is 1. The molecule has 1 heterocycles. The van der Waals surface area contributed by atoms with Crippen LogP contribution in [0.25, 0.3) is 0 Å². The van der Waals surface area contributed by atoms with Crippen LogP contribution < -0.4 is 10.0 Å². The molecule has 1 aromatic rings. The molecule has 0 saturated heterocycles. The van der Waals surface area contributed by atoms with E-state index >= 15 is 0 Å². The quantitative estimate of drug-likeness (QED) is 0.681. The Bertz CT molecular complexity index is 512. The molecule has 0 aliphatic heterocycles. The van der Waals surface area contributed by atoms with Gasteiger partial charge < -0.3 is 5.32 Å². The average Bonchev–Trinajstić information content (AvgIpc) is 2.71. The van der Waals surface area contributed by atoms with Gasteiger partial charge in [0.25, 0.3) is 0 Å². The highest BCUT2D eigenvalue weighted by molar-refractivity contribution is 7.99. The summed E-state index contributed by atoms with van der Waals surface area (Å²) in [6.07, 6.45) is 0.849. The van der Waals surface area contributed by atoms with E-state index in [2.05, 4.69) is 17.0 Å². The van der Waals surface area contributed by atoms with E-state index in [0.29, 0.717) is 11.4 Å². The van der Waals surface area contributed by atoms with Gasteiger partial charge >= 0.3 is 0 Å². The van der Waals surface area contributed by atoms with Crippen LogP contribution in [0.5, 0.6) is 0 Å². The van der Waals surface area contributed by atoms with Crippen LogP contribution in [0.1, 0.15) is 30.7 Å². The SMILES string of the molecule is CCSCCC(C)NS(=O)(=O)c1c(C)csc1CNC. The highest BCUT2D eigenvalue weighted by Crippen LogP contribution is 2.27. The lowest BCUT2D eigenvalue weighted by Crippen LogP contribution is -2.33. The minimum Gasteiger partial charge on any atom is -0.315 e. The first-order valence-electron chi connectivity index (χ1n) is 6.74. The van der Waals surface area contributed by atoms with E-state index in [1.54, 1.807) is 0 Å². The van der Waals surface area contributed by atoms with Crippen LogP contribution in [0.3, 0.4) is 0 Å². The molecule has 1 atom stereocenters. The van der Waals surface area contributed by atoms with Crippen LogP contribution in [-0.2, 0) is 16.6 Å². The topological polar surface area (TPSA) is 58.2 Å². The van der Waals surface area contributed by atoms with Crippen molar-refractivity contribution in [3.05, 3.63) is 15.8 Å². The molecular formula is C13H24N2O2S3. The molecule has 0 radical (unpaired) electrons. The van der Waals surface area contributed by atoms with Crippen LogP contribution in [0.4, 0.5) is 0 Å². The Morgan fingerprint density at radius 2 is 2.15 bits per heavy atom. The first-order chi connectivity index (χ1) is 9.42. The van der Waals surface area contributed by atoms with Crippen molar-refractivity contribution in [1.29, 1.82) is 0 Å². The van der Waals surface area contributed by atoms with Gasteiger partial charge in [0.15, 0.2) is 0 Å². The highest BCUT2D eigenvalue weighted by atomic mass is 32.2. The van der Waals surface area contributed by atoms with E-state index in [1.165, 1.54) is 11.3 Å². The number of hydrogen-bond donors (Lipinski definition) is 2. The van der Waals surface area contributed by atoms with E-state index < -0.39 is 10.0 Å². The van der Waals surface area contributed by atoms with Crippen molar-refractivity contribution in [3.8, 4) is 0 Å². The Morgan fingerprint density at radius 1 is 1.45 bits per heavy atom. The molecule has 0 aliphatic carbocycles. The molecule has 0 saturated carbocycles. The fourth-order valence-electron chi connectivity index (χ4n) is 1.92. The molecule has 0 aromatic carbocycles. The van der Waals surface area contributed by atoms with Gasteiger partial charge in [0, 0.05) is 17.5 Å². The van der Waals surface area contributed by atoms with Gasteiger partial charge in [-0.25, -0.2) is 13.1 Å². The van der Waals surface area contributed by atoms with Gasteiger partial charge in [0.05, 0.1) is 0 Å². The minimum absolute atomic E-state index is 0.0409. The molecule has 20 heavy (non-hydrogen) atoms. The predicted molar refractivity (Wildman–Crippen MR) is 89.2 cm³/mol. The summed E-state index contributed by atoms with van der Waals surface area (Å²) >= 11 is 3.32. The maximum atomic E-state index is 12.5. The lowest BCUT2D eigenvalue weighted by atomic mass is 10.3. The summed E-state index contributed by atoms with van der Waals surface area (Å²) < 4.78 is 27.8. The number of hydrogen-bond acceptors (Lipinski definition) is 5. The molecule has 1 rings (SSSR count). The molecule has 0 bridgehead atoms. The Kier molecular flexibility index (Phi) is 7.53. The lowest BCUT2D eigenvalue weighted by Gasteiger charge is -2.15. The van der Waals surface area contributed by atoms with Gasteiger partial charge in [-0.05, 0) is 49.8 Å². The lowest BCUT2D eigenvalue weighted by molar-refractivity contribution is 0.555. The second-order valence-electron chi connectivity index (χ2n) is 4.71. The molecule has 0 fully saturated rings. The molecule has 0 spiro atoms. The zero-order chi connectivity index (χ0) is 15.2. The molecule has 0 aliphatic rings. The monoisotopic (exact) mass is 336 g/mol. The number of nitrogens with one attached hydrogen (secondary N) is 2. The summed E-state index contributed by atoms with van der Waals surface area (Å²) in [6.45, 7) is 6.46. The first kappa shape index (κ1) is 18.0. The standard InChI is InChI=1S/C13H24N2O2S3/c1-5-18-7-6-11(3)15-20(16,17)13-10(2)9-19-12(13)8-14-4/h9,11,14-15H,5-8H2,1-4H3. The van der Waals surface area contributed by atoms with E-state index in [1.807, 2.05) is 38.0 Å². The van der Waals surface area contributed by atoms with Gasteiger partial charge in [-0.1, -0.05) is 6.92 Å². The summed E-state index contributed by atoms with van der Waals surface area (Å²) in [4.78, 5) is 1.32. The largest absolute Gasteiger partial charge is 0.315 e. The van der Waals surface area contributed by atoms with Crippen molar-refractivity contribution in [1.82, 2.24) is 10.0 Å². The highest BCUT2D eigenvalue weighted by Gasteiger charge is 2.24. The van der Waals surface area contributed by atoms with E-state index in [0.717, 1.165) is 28.4 Å². The normalized spacial score (nSPS) is 13.6. The maximum Gasteiger partial charge on any atom is 0.242 e. The van der Waals surface area contributed by atoms with Crippen molar-refractivity contribution in [2.45, 2.75) is 44.7 Å². The van der Waals surface area contributed by atoms with Crippen molar-refractivity contribution in [2.24, 2.45) is 0 Å². The van der Waals surface area contributed by atoms with Crippen molar-refractivity contribution in [3.63, 3.8) is 0 Å². The zero-order valence-electron chi connectivity index (χ0n) is 12.5. The van der Waals surface area contributed by atoms with Gasteiger partial charge in [0.2, 0.25) is 10.0 Å². The van der Waals surface area contributed by atoms with Crippen LogP contribution in [0, 0.1) is 6.92 Å². The smallest absolute Gasteiger partial charge is 0.242 e. The van der Waals surface area contributed by atoms with Crippen LogP contribution >= 0.6 is 23.1 Å². The maximum absolute atomic E-state index is 12.5. The predicted octanol–water partition coefficient (Wildman–Crippen LogP) is 2.59. The second-order valence-corrected chi connectivity index (χ2v) is 8.72. The van der Waals surface area contributed by atoms with Gasteiger partial charge in [-0.3, -0.25) is 0 Å². The number of thiophene rings is 1. The van der Waals surface area contributed by atoms with Crippen LogP contribution in [0.15, 0.2) is 10.3 Å². The molecule has 1 aromatic heterocycles. The van der Waals surface area contributed by atoms with Crippen molar-refractivity contribution in [2.75, 3.05) is 18.6 Å².